The van der Waals surface area contributed by atoms with Crippen molar-refractivity contribution in [2.75, 3.05) is 0 Å². The van der Waals surface area contributed by atoms with Crippen molar-refractivity contribution in [3.8, 4) is 22.8 Å². The lowest BCUT2D eigenvalue weighted by Crippen LogP contribution is -1.86. The lowest BCUT2D eigenvalue weighted by atomic mass is 10.1. The number of aromatic amines is 2. The number of nitrogens with one attached hydrogen (secondary N) is 2. The van der Waals surface area contributed by atoms with Crippen molar-refractivity contribution in [1.29, 1.82) is 0 Å². The molecule has 7 nitrogen and oxygen atoms in total. The van der Waals surface area contributed by atoms with Crippen LogP contribution in [0.4, 0.5) is 0 Å². The lowest BCUT2D eigenvalue weighted by Gasteiger charge is -2.01. The fraction of sp³-hybridized carbons (Fsp3) is 0.0417. The topological polar surface area (TPSA) is 95.5 Å². The van der Waals surface area contributed by atoms with E-state index < -0.39 is 0 Å². The van der Waals surface area contributed by atoms with Gasteiger partial charge in [0.1, 0.15) is 0 Å². The van der Waals surface area contributed by atoms with Crippen molar-refractivity contribution in [2.45, 2.75) is 6.92 Å². The highest BCUT2D eigenvalue weighted by Gasteiger charge is 2.15. The Hall–Kier alpha value is -4.39. The predicted octanol–water partition coefficient (Wildman–Crippen LogP) is 5.18. The molecule has 0 spiro atoms. The second-order valence-corrected chi connectivity index (χ2v) is 6.90. The smallest absolute Gasteiger partial charge is 0.181 e. The summed E-state index contributed by atoms with van der Waals surface area (Å²) in [5, 5.41) is 9.40. The third kappa shape index (κ3) is 3.32. The second-order valence-electron chi connectivity index (χ2n) is 6.90. The fourth-order valence-corrected chi connectivity index (χ4v) is 3.59. The van der Waals surface area contributed by atoms with Gasteiger partial charge in [-0.15, -0.1) is 0 Å². The number of rotatable bonds is 5. The van der Waals surface area contributed by atoms with Crippen LogP contribution in [0.2, 0.25) is 0 Å². The first-order valence-electron chi connectivity index (χ1n) is 9.84. The third-order valence-electron chi connectivity index (χ3n) is 5.02. The molecule has 0 saturated carbocycles. The maximum Gasteiger partial charge on any atom is 0.181 e. The van der Waals surface area contributed by atoms with Crippen LogP contribution in [0.1, 0.15) is 12.5 Å². The van der Waals surface area contributed by atoms with E-state index in [1.165, 1.54) is 0 Å². The van der Waals surface area contributed by atoms with Crippen molar-refractivity contribution in [3.63, 3.8) is 0 Å². The summed E-state index contributed by atoms with van der Waals surface area (Å²) in [7, 11) is 0. The van der Waals surface area contributed by atoms with Gasteiger partial charge in [0.25, 0.3) is 0 Å². The molecule has 0 bridgehead atoms. The molecule has 5 rings (SSSR count). The zero-order chi connectivity index (χ0) is 21.2. The van der Waals surface area contributed by atoms with Gasteiger partial charge in [-0.1, -0.05) is 24.8 Å². The lowest BCUT2D eigenvalue weighted by molar-refractivity contribution is 1.10. The van der Waals surface area contributed by atoms with Gasteiger partial charge in [0.05, 0.1) is 28.5 Å². The minimum Gasteiger partial charge on any atom is -0.353 e. The Kier molecular flexibility index (Phi) is 4.68. The maximum atomic E-state index is 4.56. The molecule has 2 N–H and O–H groups in total. The number of allylic oxidation sites excluding steroid dienone is 2. The molecule has 0 aliphatic rings. The quantitative estimate of drug-likeness (QED) is 0.394. The number of nitrogens with zero attached hydrogens (tertiary/aromatic N) is 5. The van der Waals surface area contributed by atoms with Crippen LogP contribution in [0.5, 0.6) is 0 Å². The predicted molar refractivity (Wildman–Crippen MR) is 125 cm³/mol. The summed E-state index contributed by atoms with van der Waals surface area (Å²) in [6.45, 7) is 5.63. The van der Waals surface area contributed by atoms with Crippen LogP contribution in [0.25, 0.3) is 50.4 Å². The molecule has 150 valence electrons. The molecule has 0 amide bonds. The molecule has 0 atom stereocenters. The summed E-state index contributed by atoms with van der Waals surface area (Å²) in [6.07, 6.45) is 10.6. The minimum atomic E-state index is 0.642. The fourth-order valence-electron chi connectivity index (χ4n) is 3.59. The van der Waals surface area contributed by atoms with Crippen LogP contribution in [0.3, 0.4) is 0 Å². The number of H-pyrrole nitrogens is 2. The number of aromatic nitrogens is 6. The summed E-state index contributed by atoms with van der Waals surface area (Å²) < 4.78 is 0. The van der Waals surface area contributed by atoms with Crippen molar-refractivity contribution in [1.82, 2.24) is 30.1 Å². The molecule has 31 heavy (non-hydrogen) atoms. The Morgan fingerprint density at radius 2 is 2.00 bits per heavy atom. The molecule has 0 unspecified atom stereocenters. The highest BCUT2D eigenvalue weighted by atomic mass is 15.2. The van der Waals surface area contributed by atoms with Crippen LogP contribution in [0.15, 0.2) is 78.7 Å². The molecular weight excluding hydrogens is 386 g/mol. The second kappa shape index (κ2) is 7.79. The molecule has 5 heterocycles. The molecule has 0 fully saturated rings. The third-order valence-corrected chi connectivity index (χ3v) is 5.02. The van der Waals surface area contributed by atoms with Crippen molar-refractivity contribution >= 4 is 33.8 Å². The zero-order valence-electron chi connectivity index (χ0n) is 16.9. The molecule has 0 saturated heterocycles. The summed E-state index contributed by atoms with van der Waals surface area (Å²) in [6, 6.07) is 11.9. The average Bonchev–Trinajstić information content (AvgIpc) is 3.43. The van der Waals surface area contributed by atoms with E-state index in [2.05, 4.69) is 47.8 Å². The van der Waals surface area contributed by atoms with Crippen LogP contribution in [0, 0.1) is 0 Å². The Labute approximate surface area is 178 Å². The number of aliphatic imine (C=N–C) groups is 1. The normalized spacial score (nSPS) is 12.2. The van der Waals surface area contributed by atoms with Gasteiger partial charge >= 0.3 is 0 Å². The molecule has 7 heteroatoms. The van der Waals surface area contributed by atoms with Crippen LogP contribution in [-0.2, 0) is 0 Å². The van der Waals surface area contributed by atoms with Crippen LogP contribution in [-0.4, -0.2) is 36.3 Å². The molecule has 5 aromatic rings. The summed E-state index contributed by atoms with van der Waals surface area (Å²) >= 11 is 0. The number of fused-ring (bicyclic) bond motifs is 2. The van der Waals surface area contributed by atoms with E-state index in [1.54, 1.807) is 30.9 Å². The van der Waals surface area contributed by atoms with Gasteiger partial charge in [-0.25, -0.2) is 4.98 Å². The van der Waals surface area contributed by atoms with Crippen LogP contribution < -0.4 is 0 Å². The van der Waals surface area contributed by atoms with E-state index in [9.17, 15) is 0 Å². The minimum absolute atomic E-state index is 0.642. The Bertz CT molecular complexity index is 1460. The highest BCUT2D eigenvalue weighted by Crippen LogP contribution is 2.32. The van der Waals surface area contributed by atoms with E-state index in [0.717, 1.165) is 50.3 Å². The average molecular weight is 405 g/mol. The van der Waals surface area contributed by atoms with Crippen LogP contribution >= 0.6 is 0 Å². The highest BCUT2D eigenvalue weighted by molar-refractivity contribution is 5.99. The summed E-state index contributed by atoms with van der Waals surface area (Å²) in [5.41, 5.74) is 6.76. The van der Waals surface area contributed by atoms with Crippen molar-refractivity contribution < 1.29 is 0 Å². The van der Waals surface area contributed by atoms with Gasteiger partial charge in [-0.3, -0.25) is 20.1 Å². The SMILES string of the molecule is C=CC=N/C(=C\C)c1cnc2n[nH]c(-c3cc4c(-c5ccccn5)nccc4[nH]3)c2c1. The number of hydrogen-bond acceptors (Lipinski definition) is 5. The molecule has 0 aliphatic heterocycles. The van der Waals surface area contributed by atoms with Gasteiger partial charge in [-0.2, -0.15) is 5.10 Å². The largest absolute Gasteiger partial charge is 0.353 e. The van der Waals surface area contributed by atoms with E-state index in [1.807, 2.05) is 43.3 Å². The van der Waals surface area contributed by atoms with E-state index >= 15 is 0 Å². The molecular formula is C24H19N7. The van der Waals surface area contributed by atoms with Crippen molar-refractivity contribution in [3.05, 3.63) is 79.3 Å². The summed E-state index contributed by atoms with van der Waals surface area (Å²) in [5.74, 6) is 0. The molecule has 5 aromatic heterocycles. The van der Waals surface area contributed by atoms with Gasteiger partial charge in [0.2, 0.25) is 0 Å². The molecule has 0 aliphatic carbocycles. The Morgan fingerprint density at radius 1 is 1.06 bits per heavy atom. The Morgan fingerprint density at radius 3 is 2.81 bits per heavy atom. The molecule has 0 radical (unpaired) electrons. The van der Waals surface area contributed by atoms with E-state index in [-0.39, 0.29) is 0 Å². The monoisotopic (exact) mass is 405 g/mol. The first-order chi connectivity index (χ1) is 15.3. The number of hydrogen-bond donors (Lipinski definition) is 2. The van der Waals surface area contributed by atoms with Gasteiger partial charge in [0, 0.05) is 46.7 Å². The van der Waals surface area contributed by atoms with E-state index in [0.29, 0.717) is 5.65 Å². The number of pyridine rings is 3. The van der Waals surface area contributed by atoms with Gasteiger partial charge in [0.15, 0.2) is 5.65 Å². The summed E-state index contributed by atoms with van der Waals surface area (Å²) in [4.78, 5) is 21.4. The first-order valence-corrected chi connectivity index (χ1v) is 9.84. The Balaban J connectivity index is 1.65. The van der Waals surface area contributed by atoms with Gasteiger partial charge < -0.3 is 4.98 Å². The van der Waals surface area contributed by atoms with Gasteiger partial charge in [-0.05, 0) is 37.3 Å². The maximum absolute atomic E-state index is 4.56. The first kappa shape index (κ1) is 18.6. The molecule has 0 aromatic carbocycles. The van der Waals surface area contributed by atoms with E-state index in [4.69, 9.17) is 0 Å². The standard InChI is InChI=1S/C24H19N7/c1-3-9-25-18(4-2)15-12-17-23(30-31-24(17)28-14-15)21-13-16-19(29-21)8-11-27-22(16)20-7-5-6-10-26-20/h3-14,29H,1H2,2H3,(H,28,30,31)/b18-4-,25-9?. The zero-order valence-corrected chi connectivity index (χ0v) is 16.9. The van der Waals surface area contributed by atoms with Crippen molar-refractivity contribution in [2.24, 2.45) is 4.99 Å².